The van der Waals surface area contributed by atoms with E-state index in [1.165, 1.54) is 81.9 Å². The molecule has 8 aromatic carbocycles. The van der Waals surface area contributed by atoms with E-state index in [9.17, 15) is 0 Å². The fraction of sp³-hybridized carbons (Fsp3) is 0.231. The smallest absolute Gasteiger partial charge is 0.264 e. The lowest BCUT2D eigenvalue weighted by atomic mass is 9.36. The van der Waals surface area contributed by atoms with Crippen molar-refractivity contribution in [2.24, 2.45) is 0 Å². The maximum absolute atomic E-state index is 7.28. The number of thiophene rings is 1. The van der Waals surface area contributed by atoms with Crippen LogP contribution in [0.2, 0.25) is 0 Å². The summed E-state index contributed by atoms with van der Waals surface area (Å²) in [5, 5.41) is 3.51. The van der Waals surface area contributed by atoms with Gasteiger partial charge in [-0.15, -0.1) is 11.3 Å². The second kappa shape index (κ2) is 16.0. The second-order valence-electron chi connectivity index (χ2n) is 23.3. The molecule has 0 fully saturated rings. The van der Waals surface area contributed by atoms with Crippen LogP contribution in [0.5, 0.6) is 0 Å². The molecular formula is C65H62BN3OS. The highest BCUT2D eigenvalue weighted by molar-refractivity contribution is 7.33. The molecule has 4 heterocycles. The summed E-state index contributed by atoms with van der Waals surface area (Å²) in [5.74, 6) is 0. The Hall–Kier alpha value is -7.02. The summed E-state index contributed by atoms with van der Waals surface area (Å²) in [7, 11) is 0. The standard InChI is InChI=1S/C65H62BN3OS/c1-39-17-26-45(27-18-39)67(46-28-19-40(2)20-29-46)60-59-52(38-50-49-15-13-14-16-55(49)70-61(50)60)66-57-53(35-41(3)36-54(57)69(59)48-32-23-43(24-33-48)64(7,8)9)68(47-30-21-42(22-31-47)63(4,5)6)58-51-37-44(65(10,11)12)25-34-56(51)71-62(58)66/h13-38H,1-12H3. The third kappa shape index (κ3) is 7.31. The van der Waals surface area contributed by atoms with Crippen molar-refractivity contribution in [3.05, 3.63) is 191 Å². The Morgan fingerprint density at radius 3 is 1.52 bits per heavy atom. The summed E-state index contributed by atoms with van der Waals surface area (Å²) >= 11 is 1.96. The summed E-state index contributed by atoms with van der Waals surface area (Å²) in [4.78, 5) is 7.66. The normalized spacial score (nSPS) is 13.5. The molecule has 6 heteroatoms. The topological polar surface area (TPSA) is 22.9 Å². The lowest BCUT2D eigenvalue weighted by Gasteiger charge is -2.45. The van der Waals surface area contributed by atoms with Crippen LogP contribution >= 0.6 is 11.3 Å². The van der Waals surface area contributed by atoms with E-state index in [-0.39, 0.29) is 23.0 Å². The molecular weight excluding hydrogens is 882 g/mol. The number of nitrogens with zero attached hydrogens (tertiary/aromatic N) is 3. The van der Waals surface area contributed by atoms with Gasteiger partial charge in [-0.3, -0.25) is 0 Å². The highest BCUT2D eigenvalue weighted by atomic mass is 32.1. The zero-order valence-corrected chi connectivity index (χ0v) is 44.1. The first-order valence-electron chi connectivity index (χ1n) is 25.3. The largest absolute Gasteiger partial charge is 0.454 e. The van der Waals surface area contributed by atoms with Crippen LogP contribution in [0.3, 0.4) is 0 Å². The molecule has 0 atom stereocenters. The first kappa shape index (κ1) is 45.1. The van der Waals surface area contributed by atoms with Crippen LogP contribution in [0.15, 0.2) is 162 Å². The number of anilines is 9. The Kier molecular flexibility index (Phi) is 10.2. The molecule has 352 valence electrons. The minimum absolute atomic E-state index is 0.0152. The Bertz CT molecular complexity index is 3680. The Morgan fingerprint density at radius 2 is 0.986 bits per heavy atom. The SMILES string of the molecule is Cc1ccc(N(c2ccc(C)cc2)c2c3c(cc4c2oc2ccccc24)B2c4sc5ccc(C(C)(C)C)cc5c4N(c4ccc(C(C)(C)C)cc4)c4cc(C)cc(c42)N3c2ccc(C(C)(C)C)cc2)cc1. The van der Waals surface area contributed by atoms with Crippen molar-refractivity contribution < 1.29 is 4.42 Å². The molecule has 2 aliphatic heterocycles. The van der Waals surface area contributed by atoms with Gasteiger partial charge in [0, 0.05) is 59.8 Å². The van der Waals surface area contributed by atoms with Gasteiger partial charge in [-0.1, -0.05) is 152 Å². The number of aryl methyl sites for hydroxylation is 3. The molecule has 0 bridgehead atoms. The molecule has 0 saturated carbocycles. The summed E-state index contributed by atoms with van der Waals surface area (Å²) < 4.78 is 9.93. The summed E-state index contributed by atoms with van der Waals surface area (Å²) in [6.07, 6.45) is 0. The van der Waals surface area contributed by atoms with Crippen molar-refractivity contribution in [2.75, 3.05) is 14.7 Å². The van der Waals surface area contributed by atoms with Gasteiger partial charge < -0.3 is 19.1 Å². The maximum Gasteiger partial charge on any atom is 0.264 e. The van der Waals surface area contributed by atoms with Gasteiger partial charge in [-0.05, 0) is 149 Å². The van der Waals surface area contributed by atoms with Crippen LogP contribution in [0, 0.1) is 20.8 Å². The molecule has 0 aliphatic carbocycles. The van der Waals surface area contributed by atoms with Gasteiger partial charge in [-0.25, -0.2) is 0 Å². The van der Waals surface area contributed by atoms with Crippen molar-refractivity contribution >= 4 is 117 Å². The van der Waals surface area contributed by atoms with Crippen molar-refractivity contribution in [2.45, 2.75) is 99.3 Å². The summed E-state index contributed by atoms with van der Waals surface area (Å²) in [6.45, 7) is 27.3. The van der Waals surface area contributed by atoms with Gasteiger partial charge in [0.15, 0.2) is 5.58 Å². The van der Waals surface area contributed by atoms with E-state index < -0.39 is 0 Å². The monoisotopic (exact) mass is 943 g/mol. The van der Waals surface area contributed by atoms with Crippen molar-refractivity contribution in [1.29, 1.82) is 0 Å². The second-order valence-corrected chi connectivity index (χ2v) is 24.4. The molecule has 2 aromatic heterocycles. The molecule has 0 unspecified atom stereocenters. The van der Waals surface area contributed by atoms with E-state index in [4.69, 9.17) is 4.42 Å². The van der Waals surface area contributed by atoms with E-state index in [1.807, 2.05) is 11.3 Å². The number of benzene rings is 8. The van der Waals surface area contributed by atoms with Crippen LogP contribution in [0.1, 0.15) is 95.7 Å². The number of hydrogen-bond acceptors (Lipinski definition) is 5. The fourth-order valence-corrected chi connectivity index (χ4v) is 12.5. The first-order chi connectivity index (χ1) is 33.8. The van der Waals surface area contributed by atoms with Crippen molar-refractivity contribution in [3.63, 3.8) is 0 Å². The van der Waals surface area contributed by atoms with E-state index in [0.29, 0.717) is 0 Å². The van der Waals surface area contributed by atoms with Gasteiger partial charge >= 0.3 is 0 Å². The molecule has 0 amide bonds. The minimum Gasteiger partial charge on any atom is -0.454 e. The van der Waals surface area contributed by atoms with Gasteiger partial charge in [0.25, 0.3) is 6.71 Å². The fourth-order valence-electron chi connectivity index (χ4n) is 11.2. The predicted molar refractivity (Wildman–Crippen MR) is 308 cm³/mol. The van der Waals surface area contributed by atoms with Gasteiger partial charge in [-0.2, -0.15) is 0 Å². The molecule has 12 rings (SSSR count). The van der Waals surface area contributed by atoms with Gasteiger partial charge in [0.1, 0.15) is 11.3 Å². The average Bonchev–Trinajstić information content (AvgIpc) is 3.90. The Balaban J connectivity index is 1.27. The summed E-state index contributed by atoms with van der Waals surface area (Å²) in [6, 6.07) is 60.0. The molecule has 2 aliphatic rings. The first-order valence-corrected chi connectivity index (χ1v) is 26.1. The zero-order chi connectivity index (χ0) is 49.5. The molecule has 71 heavy (non-hydrogen) atoms. The molecule has 0 saturated heterocycles. The Morgan fingerprint density at radius 1 is 0.479 bits per heavy atom. The lowest BCUT2D eigenvalue weighted by Crippen LogP contribution is -2.60. The van der Waals surface area contributed by atoms with Crippen LogP contribution < -0.4 is 30.4 Å². The van der Waals surface area contributed by atoms with E-state index in [0.717, 1.165) is 50.4 Å². The minimum atomic E-state index is -0.106. The number of rotatable bonds is 5. The summed E-state index contributed by atoms with van der Waals surface area (Å²) in [5.41, 5.74) is 22.1. The van der Waals surface area contributed by atoms with Gasteiger partial charge in [0.05, 0.1) is 11.4 Å². The lowest BCUT2D eigenvalue weighted by molar-refractivity contribution is 0.590. The van der Waals surface area contributed by atoms with Crippen LogP contribution in [0.25, 0.3) is 32.0 Å². The van der Waals surface area contributed by atoms with Crippen LogP contribution in [-0.2, 0) is 16.2 Å². The van der Waals surface area contributed by atoms with Crippen molar-refractivity contribution in [1.82, 2.24) is 0 Å². The number of furan rings is 1. The van der Waals surface area contributed by atoms with E-state index in [1.54, 1.807) is 0 Å². The third-order valence-electron chi connectivity index (χ3n) is 15.1. The Labute approximate surface area is 424 Å². The predicted octanol–water partition coefficient (Wildman–Crippen LogP) is 17.2. The van der Waals surface area contributed by atoms with Crippen LogP contribution in [-0.4, -0.2) is 6.71 Å². The zero-order valence-electron chi connectivity index (χ0n) is 43.2. The highest BCUT2D eigenvalue weighted by Gasteiger charge is 2.48. The third-order valence-corrected chi connectivity index (χ3v) is 16.3. The van der Waals surface area contributed by atoms with E-state index in [2.05, 4.69) is 256 Å². The number of hydrogen-bond donors (Lipinski definition) is 0. The van der Waals surface area contributed by atoms with E-state index >= 15 is 0 Å². The molecule has 0 spiro atoms. The number of para-hydroxylation sites is 1. The van der Waals surface area contributed by atoms with Gasteiger partial charge in [0.2, 0.25) is 0 Å². The number of fused-ring (bicyclic) bond motifs is 9. The average molecular weight is 944 g/mol. The molecule has 10 aromatic rings. The van der Waals surface area contributed by atoms with Crippen molar-refractivity contribution in [3.8, 4) is 0 Å². The quantitative estimate of drug-likeness (QED) is 0.160. The maximum atomic E-state index is 7.28. The molecule has 0 N–H and O–H groups in total. The molecule has 0 radical (unpaired) electrons. The highest BCUT2D eigenvalue weighted by Crippen LogP contribution is 2.55. The molecule has 4 nitrogen and oxygen atoms in total. The van der Waals surface area contributed by atoms with Crippen LogP contribution in [0.4, 0.5) is 51.2 Å².